The summed E-state index contributed by atoms with van der Waals surface area (Å²) in [6.07, 6.45) is 1.35. The Labute approximate surface area is 148 Å². The number of amides is 3. The van der Waals surface area contributed by atoms with Gasteiger partial charge in [-0.1, -0.05) is 13.8 Å². The molecule has 0 saturated carbocycles. The molecule has 3 N–H and O–H groups in total. The Morgan fingerprint density at radius 1 is 1.20 bits per heavy atom. The van der Waals surface area contributed by atoms with Crippen molar-refractivity contribution in [3.63, 3.8) is 0 Å². The molecule has 1 aliphatic rings. The smallest absolute Gasteiger partial charge is 0.319 e. The highest BCUT2D eigenvalue weighted by molar-refractivity contribution is 7.91. The molecule has 0 aromatic heterocycles. The molecule has 1 unspecified atom stereocenters. The van der Waals surface area contributed by atoms with E-state index in [1.165, 1.54) is 0 Å². The highest BCUT2D eigenvalue weighted by Gasteiger charge is 2.28. The van der Waals surface area contributed by atoms with Gasteiger partial charge >= 0.3 is 6.03 Å². The average Bonchev–Trinajstić information content (AvgIpc) is 2.86. The third-order valence-corrected chi connectivity index (χ3v) is 5.75. The number of nitrogens with one attached hydrogen (secondary N) is 3. The van der Waals surface area contributed by atoms with Crippen molar-refractivity contribution in [3.8, 4) is 0 Å². The van der Waals surface area contributed by atoms with E-state index in [0.717, 1.165) is 6.42 Å². The van der Waals surface area contributed by atoms with Gasteiger partial charge < -0.3 is 16.0 Å². The lowest BCUT2D eigenvalue weighted by Crippen LogP contribution is -2.38. The quantitative estimate of drug-likeness (QED) is 0.713. The maximum Gasteiger partial charge on any atom is 0.319 e. The fourth-order valence-electron chi connectivity index (χ4n) is 2.54. The Morgan fingerprint density at radius 3 is 2.44 bits per heavy atom. The minimum absolute atomic E-state index is 0.0180. The van der Waals surface area contributed by atoms with Crippen molar-refractivity contribution >= 4 is 27.5 Å². The predicted octanol–water partition coefficient (Wildman–Crippen LogP) is 1.77. The SMILES string of the molecule is CC(C)CCNC(=O)c1ccc(NC(=O)NC2CCS(=O)(=O)C2)cc1. The van der Waals surface area contributed by atoms with Crippen LogP contribution in [0.25, 0.3) is 0 Å². The van der Waals surface area contributed by atoms with E-state index in [4.69, 9.17) is 0 Å². The second kappa shape index (κ2) is 8.33. The van der Waals surface area contributed by atoms with Gasteiger partial charge in [-0.05, 0) is 43.0 Å². The molecule has 8 heteroatoms. The Morgan fingerprint density at radius 2 is 1.88 bits per heavy atom. The van der Waals surface area contributed by atoms with Crippen LogP contribution in [-0.4, -0.2) is 44.4 Å². The number of carbonyl (C=O) groups is 2. The molecule has 0 bridgehead atoms. The van der Waals surface area contributed by atoms with E-state index < -0.39 is 15.9 Å². The number of rotatable bonds is 6. The zero-order valence-electron chi connectivity index (χ0n) is 14.5. The third kappa shape index (κ3) is 6.38. The fourth-order valence-corrected chi connectivity index (χ4v) is 4.22. The summed E-state index contributed by atoms with van der Waals surface area (Å²) < 4.78 is 22.8. The molecule has 1 heterocycles. The van der Waals surface area contributed by atoms with E-state index in [1.54, 1.807) is 24.3 Å². The van der Waals surface area contributed by atoms with E-state index in [2.05, 4.69) is 29.8 Å². The molecular formula is C17H25N3O4S. The lowest BCUT2D eigenvalue weighted by atomic mass is 10.1. The monoisotopic (exact) mass is 367 g/mol. The Kier molecular flexibility index (Phi) is 6.41. The lowest BCUT2D eigenvalue weighted by Gasteiger charge is -2.12. The molecule has 0 radical (unpaired) electrons. The molecule has 0 aliphatic carbocycles. The summed E-state index contributed by atoms with van der Waals surface area (Å²) in [5, 5.41) is 8.15. The first-order valence-electron chi connectivity index (χ1n) is 8.41. The molecule has 0 spiro atoms. The Balaban J connectivity index is 1.81. The highest BCUT2D eigenvalue weighted by Crippen LogP contribution is 2.13. The van der Waals surface area contributed by atoms with Gasteiger partial charge in [0.1, 0.15) is 0 Å². The molecule has 7 nitrogen and oxygen atoms in total. The van der Waals surface area contributed by atoms with Crippen molar-refractivity contribution in [2.45, 2.75) is 32.7 Å². The largest absolute Gasteiger partial charge is 0.352 e. The molecular weight excluding hydrogens is 342 g/mol. The Hall–Kier alpha value is -2.09. The topological polar surface area (TPSA) is 104 Å². The van der Waals surface area contributed by atoms with Gasteiger partial charge in [0.05, 0.1) is 11.5 Å². The van der Waals surface area contributed by atoms with E-state index >= 15 is 0 Å². The maximum absolute atomic E-state index is 12.0. The standard InChI is InChI=1S/C17H25N3O4S/c1-12(2)7-9-18-16(21)13-3-5-14(6-4-13)19-17(22)20-15-8-10-25(23,24)11-15/h3-6,12,15H,7-11H2,1-2H3,(H,18,21)(H2,19,20,22). The minimum Gasteiger partial charge on any atom is -0.352 e. The minimum atomic E-state index is -3.03. The molecule has 1 aliphatic heterocycles. The molecule has 1 fully saturated rings. The maximum atomic E-state index is 12.0. The number of sulfone groups is 1. The van der Waals surface area contributed by atoms with Crippen molar-refractivity contribution in [1.29, 1.82) is 0 Å². The van der Waals surface area contributed by atoms with Crippen LogP contribution in [-0.2, 0) is 9.84 Å². The summed E-state index contributed by atoms with van der Waals surface area (Å²) in [7, 11) is -3.03. The summed E-state index contributed by atoms with van der Waals surface area (Å²) in [6.45, 7) is 4.82. The van der Waals surface area contributed by atoms with Crippen LogP contribution >= 0.6 is 0 Å². The van der Waals surface area contributed by atoms with Crippen molar-refractivity contribution in [1.82, 2.24) is 10.6 Å². The Bertz CT molecular complexity index is 714. The normalized spacial score (nSPS) is 18.8. The summed E-state index contributed by atoms with van der Waals surface area (Å²) in [5.41, 5.74) is 1.06. The van der Waals surface area contributed by atoms with Crippen LogP contribution in [0.2, 0.25) is 0 Å². The molecule has 138 valence electrons. The molecule has 25 heavy (non-hydrogen) atoms. The number of urea groups is 1. The zero-order chi connectivity index (χ0) is 18.4. The van der Waals surface area contributed by atoms with Gasteiger partial charge in [0.25, 0.3) is 5.91 Å². The molecule has 1 aromatic rings. The second-order valence-corrected chi connectivity index (χ2v) is 8.94. The van der Waals surface area contributed by atoms with Crippen molar-refractivity contribution in [2.24, 2.45) is 5.92 Å². The highest BCUT2D eigenvalue weighted by atomic mass is 32.2. The zero-order valence-corrected chi connectivity index (χ0v) is 15.4. The molecule has 1 saturated heterocycles. The van der Waals surface area contributed by atoms with Crippen LogP contribution < -0.4 is 16.0 Å². The van der Waals surface area contributed by atoms with Gasteiger partial charge in [-0.25, -0.2) is 13.2 Å². The average molecular weight is 367 g/mol. The van der Waals surface area contributed by atoms with Crippen molar-refractivity contribution in [3.05, 3.63) is 29.8 Å². The fraction of sp³-hybridized carbons (Fsp3) is 0.529. The van der Waals surface area contributed by atoms with Gasteiger partial charge in [0.15, 0.2) is 9.84 Å². The van der Waals surface area contributed by atoms with Crippen molar-refractivity contribution in [2.75, 3.05) is 23.4 Å². The first-order chi connectivity index (χ1) is 11.7. The van der Waals surface area contributed by atoms with Gasteiger partial charge in [0.2, 0.25) is 0 Å². The lowest BCUT2D eigenvalue weighted by molar-refractivity contribution is 0.0952. The third-order valence-electron chi connectivity index (χ3n) is 3.98. The number of carbonyl (C=O) groups excluding carboxylic acids is 2. The van der Waals surface area contributed by atoms with E-state index in [1.807, 2.05) is 0 Å². The number of anilines is 1. The first kappa shape index (κ1) is 19.2. The van der Waals surface area contributed by atoms with Crippen LogP contribution in [0.3, 0.4) is 0 Å². The van der Waals surface area contributed by atoms with Gasteiger partial charge in [-0.15, -0.1) is 0 Å². The van der Waals surface area contributed by atoms with Crippen LogP contribution in [0.15, 0.2) is 24.3 Å². The van der Waals surface area contributed by atoms with Crippen LogP contribution in [0.1, 0.15) is 37.0 Å². The van der Waals surface area contributed by atoms with E-state index in [9.17, 15) is 18.0 Å². The first-order valence-corrected chi connectivity index (χ1v) is 10.2. The number of hydrogen-bond donors (Lipinski definition) is 3. The second-order valence-electron chi connectivity index (χ2n) is 6.71. The van der Waals surface area contributed by atoms with Gasteiger partial charge in [0, 0.05) is 23.8 Å². The summed E-state index contributed by atoms with van der Waals surface area (Å²) in [4.78, 5) is 23.9. The number of hydrogen-bond acceptors (Lipinski definition) is 4. The summed E-state index contributed by atoms with van der Waals surface area (Å²) in [6, 6.07) is 5.76. The molecule has 3 amide bonds. The van der Waals surface area contributed by atoms with Gasteiger partial charge in [-0.2, -0.15) is 0 Å². The number of benzene rings is 1. The van der Waals surface area contributed by atoms with Crippen LogP contribution in [0.4, 0.5) is 10.5 Å². The molecule has 2 rings (SSSR count). The van der Waals surface area contributed by atoms with E-state index in [0.29, 0.717) is 30.1 Å². The summed E-state index contributed by atoms with van der Waals surface area (Å²) in [5.74, 6) is 0.474. The van der Waals surface area contributed by atoms with Crippen LogP contribution in [0, 0.1) is 5.92 Å². The van der Waals surface area contributed by atoms with Crippen molar-refractivity contribution < 1.29 is 18.0 Å². The summed E-state index contributed by atoms with van der Waals surface area (Å²) >= 11 is 0. The van der Waals surface area contributed by atoms with Crippen LogP contribution in [0.5, 0.6) is 0 Å². The molecule has 1 atom stereocenters. The van der Waals surface area contributed by atoms with Gasteiger partial charge in [-0.3, -0.25) is 4.79 Å². The van der Waals surface area contributed by atoms with E-state index in [-0.39, 0.29) is 23.5 Å². The predicted molar refractivity (Wildman–Crippen MR) is 97.4 cm³/mol. The molecule has 1 aromatic carbocycles.